The Balaban J connectivity index is 1.41. The molecule has 1 atom stereocenters. The topological polar surface area (TPSA) is 136 Å². The monoisotopic (exact) mass is 668 g/mol. The third kappa shape index (κ3) is 8.42. The Hall–Kier alpha value is -4.59. The number of halogens is 2. The molecule has 0 aliphatic carbocycles. The lowest BCUT2D eigenvalue weighted by Gasteiger charge is -2.34. The summed E-state index contributed by atoms with van der Waals surface area (Å²) in [4.78, 5) is 27.9. The molecule has 3 heterocycles. The fourth-order valence-corrected chi connectivity index (χ4v) is 6.37. The number of amides is 1. The predicted octanol–water partition coefficient (Wildman–Crippen LogP) is 6.84. The Morgan fingerprint density at radius 3 is 2.64 bits per heavy atom. The highest BCUT2D eigenvalue weighted by Crippen LogP contribution is 2.39. The van der Waals surface area contributed by atoms with Crippen LogP contribution in [0.5, 0.6) is 11.6 Å². The highest BCUT2D eigenvalue weighted by Gasteiger charge is 2.28. The number of rotatable bonds is 10. The fraction of sp³-hybridized carbons (Fsp3) is 0.394. The molecule has 1 aliphatic heterocycles. The molecular formula is C33H38F2N6O5S. The molecule has 2 aromatic heterocycles. The lowest BCUT2D eigenvalue weighted by molar-refractivity contribution is 0.0206. The molecular weight excluding hydrogens is 630 g/mol. The van der Waals surface area contributed by atoms with Crippen molar-refractivity contribution in [2.24, 2.45) is 0 Å². The number of carbonyl (C=O) groups excluding carboxylic acids is 1. The molecule has 0 saturated carbocycles. The van der Waals surface area contributed by atoms with E-state index in [0.717, 1.165) is 18.9 Å². The van der Waals surface area contributed by atoms with Crippen molar-refractivity contribution in [3.05, 3.63) is 66.2 Å². The van der Waals surface area contributed by atoms with E-state index in [9.17, 15) is 22.0 Å². The van der Waals surface area contributed by atoms with Crippen molar-refractivity contribution in [1.82, 2.24) is 19.9 Å². The lowest BCUT2D eigenvalue weighted by atomic mass is 10.0. The summed E-state index contributed by atoms with van der Waals surface area (Å²) in [5.41, 5.74) is 0.949. The number of likely N-dealkylation sites (tertiary alicyclic amines) is 1. The quantitative estimate of drug-likeness (QED) is 0.186. The number of fused-ring (bicyclic) bond motifs is 1. The van der Waals surface area contributed by atoms with Gasteiger partial charge in [0.25, 0.3) is 0 Å². The molecule has 250 valence electrons. The predicted molar refractivity (Wildman–Crippen MR) is 176 cm³/mol. The van der Waals surface area contributed by atoms with E-state index in [-0.39, 0.29) is 35.5 Å². The van der Waals surface area contributed by atoms with Crippen LogP contribution in [0.25, 0.3) is 22.0 Å². The number of sulfonamides is 1. The zero-order chi connectivity index (χ0) is 33.8. The van der Waals surface area contributed by atoms with Gasteiger partial charge in [0, 0.05) is 42.3 Å². The van der Waals surface area contributed by atoms with Crippen molar-refractivity contribution < 1.29 is 31.5 Å². The highest BCUT2D eigenvalue weighted by atomic mass is 32.2. The van der Waals surface area contributed by atoms with Crippen molar-refractivity contribution in [3.63, 3.8) is 0 Å². The van der Waals surface area contributed by atoms with Crippen molar-refractivity contribution in [1.29, 1.82) is 0 Å². The Bertz CT molecular complexity index is 1870. The summed E-state index contributed by atoms with van der Waals surface area (Å²) in [5, 5.41) is 4.06. The Kier molecular flexibility index (Phi) is 10.1. The Morgan fingerprint density at radius 2 is 1.87 bits per heavy atom. The highest BCUT2D eigenvalue weighted by molar-refractivity contribution is 7.92. The van der Waals surface area contributed by atoms with Crippen LogP contribution in [0.3, 0.4) is 0 Å². The van der Waals surface area contributed by atoms with Crippen LogP contribution >= 0.6 is 0 Å². The molecule has 1 unspecified atom stereocenters. The van der Waals surface area contributed by atoms with Gasteiger partial charge >= 0.3 is 6.09 Å². The number of pyridine rings is 1. The molecule has 1 saturated heterocycles. The van der Waals surface area contributed by atoms with Gasteiger partial charge in [-0.25, -0.2) is 32.6 Å². The number of hydrogen-bond donors (Lipinski definition) is 2. The average molecular weight is 669 g/mol. The number of nitrogens with one attached hydrogen (secondary N) is 2. The zero-order valence-electron chi connectivity index (χ0n) is 26.7. The molecule has 0 bridgehead atoms. The van der Waals surface area contributed by atoms with Crippen LogP contribution in [0.2, 0.25) is 0 Å². The van der Waals surface area contributed by atoms with E-state index in [2.05, 4.69) is 20.0 Å². The molecule has 5 rings (SSSR count). The number of piperidine rings is 1. The third-order valence-electron chi connectivity index (χ3n) is 7.41. The van der Waals surface area contributed by atoms with E-state index >= 15 is 0 Å². The van der Waals surface area contributed by atoms with Gasteiger partial charge in [-0.05, 0) is 82.9 Å². The normalized spacial score (nSPS) is 15.4. The molecule has 4 aromatic rings. The number of benzene rings is 2. The summed E-state index contributed by atoms with van der Waals surface area (Å²) >= 11 is 0. The number of ether oxygens (including phenoxy) is 2. The first-order chi connectivity index (χ1) is 22.3. The Labute approximate surface area is 272 Å². The minimum Gasteiger partial charge on any atom is -0.444 e. The smallest absolute Gasteiger partial charge is 0.410 e. The second kappa shape index (κ2) is 14.0. The van der Waals surface area contributed by atoms with E-state index in [1.807, 2.05) is 27.7 Å². The van der Waals surface area contributed by atoms with E-state index in [1.54, 1.807) is 47.6 Å². The zero-order valence-corrected chi connectivity index (χ0v) is 27.5. The van der Waals surface area contributed by atoms with Gasteiger partial charge in [-0.2, -0.15) is 0 Å². The van der Waals surface area contributed by atoms with Gasteiger partial charge in [0.2, 0.25) is 21.9 Å². The van der Waals surface area contributed by atoms with Crippen molar-refractivity contribution in [2.75, 3.05) is 35.6 Å². The number of nitrogens with zero attached hydrogens (tertiary/aromatic N) is 4. The van der Waals surface area contributed by atoms with Crippen molar-refractivity contribution in [2.45, 2.75) is 58.6 Å². The molecule has 11 nitrogen and oxygen atoms in total. The number of alkyl halides is 1. The number of hydrogen-bond acceptors (Lipinski definition) is 9. The minimum atomic E-state index is -3.99. The first kappa shape index (κ1) is 33.8. The van der Waals surface area contributed by atoms with Crippen LogP contribution in [0, 0.1) is 12.7 Å². The molecule has 0 spiro atoms. The maximum absolute atomic E-state index is 14.9. The molecule has 1 aliphatic rings. The third-order valence-corrected chi connectivity index (χ3v) is 8.75. The molecule has 2 aromatic carbocycles. The van der Waals surface area contributed by atoms with Gasteiger partial charge in [0.15, 0.2) is 0 Å². The standard InChI is InChI=1S/C33H38F2N6O5S/c1-21-10-11-23-24(12-13-26(35)28(23)40-47(43,44)19-7-15-34)29(21)45-30-25(9-5-16-36-30)27-14-17-37-31(39-27)38-22-8-6-18-41(20-22)32(42)46-33(2,3)4/h5,9-14,16-17,22,40H,6-8,15,18-20H2,1-4H3,(H,37,38,39). The Morgan fingerprint density at radius 1 is 1.09 bits per heavy atom. The summed E-state index contributed by atoms with van der Waals surface area (Å²) in [6.07, 6.45) is 4.24. The number of anilines is 2. The summed E-state index contributed by atoms with van der Waals surface area (Å²) in [6.45, 7) is 7.56. The van der Waals surface area contributed by atoms with Crippen molar-refractivity contribution in [3.8, 4) is 22.9 Å². The molecule has 1 fully saturated rings. The lowest BCUT2D eigenvalue weighted by Crippen LogP contribution is -2.47. The fourth-order valence-electron chi connectivity index (χ4n) is 5.26. The number of carbonyl (C=O) groups is 1. The second-order valence-corrected chi connectivity index (χ2v) is 14.2. The van der Waals surface area contributed by atoms with Gasteiger partial charge in [-0.15, -0.1) is 0 Å². The molecule has 1 amide bonds. The molecule has 14 heteroatoms. The van der Waals surface area contributed by atoms with Gasteiger partial charge in [0.1, 0.15) is 17.2 Å². The summed E-state index contributed by atoms with van der Waals surface area (Å²) in [7, 11) is -3.99. The van der Waals surface area contributed by atoms with Crippen LogP contribution in [-0.4, -0.2) is 71.5 Å². The van der Waals surface area contributed by atoms with E-state index in [1.165, 1.54) is 6.07 Å². The molecule has 2 N–H and O–H groups in total. The maximum Gasteiger partial charge on any atom is 0.410 e. The maximum atomic E-state index is 14.9. The van der Waals surface area contributed by atoms with Crippen LogP contribution < -0.4 is 14.8 Å². The van der Waals surface area contributed by atoms with Crippen LogP contribution in [0.1, 0.15) is 45.6 Å². The van der Waals surface area contributed by atoms with Crippen LogP contribution in [-0.2, 0) is 14.8 Å². The van der Waals surface area contributed by atoms with E-state index < -0.39 is 33.9 Å². The summed E-state index contributed by atoms with van der Waals surface area (Å²) in [5.74, 6) is -0.318. The van der Waals surface area contributed by atoms with Gasteiger partial charge in [-0.1, -0.05) is 12.1 Å². The summed E-state index contributed by atoms with van der Waals surface area (Å²) in [6, 6.07) is 11.1. The average Bonchev–Trinajstić information content (AvgIpc) is 3.02. The van der Waals surface area contributed by atoms with E-state index in [0.29, 0.717) is 47.0 Å². The van der Waals surface area contributed by atoms with Gasteiger partial charge in [0.05, 0.1) is 29.4 Å². The second-order valence-electron chi connectivity index (χ2n) is 12.3. The largest absolute Gasteiger partial charge is 0.444 e. The first-order valence-corrected chi connectivity index (χ1v) is 17.0. The molecule has 47 heavy (non-hydrogen) atoms. The van der Waals surface area contributed by atoms with Crippen LogP contribution in [0.15, 0.2) is 54.9 Å². The SMILES string of the molecule is Cc1ccc2c(NS(=O)(=O)CCCF)c(F)ccc2c1Oc1ncccc1-c1ccnc(NC2CCCN(C(=O)OC(C)(C)C)C2)n1. The minimum absolute atomic E-state index is 0.0848. The van der Waals surface area contributed by atoms with Gasteiger partial charge in [-0.3, -0.25) is 9.11 Å². The number of aromatic nitrogens is 3. The molecule has 0 radical (unpaired) electrons. The van der Waals surface area contributed by atoms with Gasteiger partial charge < -0.3 is 19.7 Å². The van der Waals surface area contributed by atoms with E-state index in [4.69, 9.17) is 14.5 Å². The first-order valence-electron chi connectivity index (χ1n) is 15.3. The van der Waals surface area contributed by atoms with Crippen LogP contribution in [0.4, 0.5) is 25.2 Å². The summed E-state index contributed by atoms with van der Waals surface area (Å²) < 4.78 is 66.8. The number of aryl methyl sites for hydroxylation is 1. The van der Waals surface area contributed by atoms with Crippen molar-refractivity contribution >= 4 is 38.5 Å².